The lowest BCUT2D eigenvalue weighted by atomic mass is 10.2. The molecule has 21 heavy (non-hydrogen) atoms. The largest absolute Gasteiger partial charge is 0.311 e. The summed E-state index contributed by atoms with van der Waals surface area (Å²) in [5, 5.41) is 13.8. The van der Waals surface area contributed by atoms with Crippen molar-refractivity contribution in [2.24, 2.45) is 0 Å². The zero-order valence-corrected chi connectivity index (χ0v) is 13.1. The normalized spacial score (nSPS) is 11.6. The first-order chi connectivity index (χ1) is 9.82. The van der Waals surface area contributed by atoms with E-state index in [1.165, 1.54) is 12.1 Å². The number of nitrogens with zero attached hydrogens (tertiary/aromatic N) is 2. The minimum Gasteiger partial charge on any atom is -0.311 e. The Labute approximate surface area is 125 Å². The van der Waals surface area contributed by atoms with Gasteiger partial charge in [0, 0.05) is 37.8 Å². The van der Waals surface area contributed by atoms with Crippen LogP contribution in [-0.4, -0.2) is 35.0 Å². The van der Waals surface area contributed by atoms with E-state index in [1.54, 1.807) is 6.07 Å². The first kappa shape index (κ1) is 17.5. The lowest BCUT2D eigenvalue weighted by Gasteiger charge is -2.30. The smallest absolute Gasteiger partial charge is 0.304 e. The van der Waals surface area contributed by atoms with Gasteiger partial charge in [0.05, 0.1) is 4.92 Å². The van der Waals surface area contributed by atoms with Crippen LogP contribution in [0.1, 0.15) is 33.3 Å². The van der Waals surface area contributed by atoms with Crippen molar-refractivity contribution in [2.75, 3.05) is 13.1 Å². The van der Waals surface area contributed by atoms with Crippen molar-refractivity contribution in [2.45, 2.75) is 46.3 Å². The summed E-state index contributed by atoms with van der Waals surface area (Å²) in [5.41, 5.74) is 0.225. The maximum atomic E-state index is 13.5. The number of halogens is 1. The maximum Gasteiger partial charge on any atom is 0.304 e. The maximum absolute atomic E-state index is 13.5. The van der Waals surface area contributed by atoms with E-state index in [2.05, 4.69) is 37.9 Å². The Morgan fingerprint density at radius 1 is 1.29 bits per heavy atom. The molecule has 1 N–H and O–H groups in total. The number of hydrogen-bond acceptors (Lipinski definition) is 4. The predicted octanol–water partition coefficient (Wildman–Crippen LogP) is 2.94. The average molecular weight is 297 g/mol. The molecule has 0 amide bonds. The molecular weight excluding hydrogens is 273 g/mol. The first-order valence-corrected chi connectivity index (χ1v) is 7.22. The van der Waals surface area contributed by atoms with E-state index in [0.717, 1.165) is 13.1 Å². The summed E-state index contributed by atoms with van der Waals surface area (Å²) >= 11 is 0. The summed E-state index contributed by atoms with van der Waals surface area (Å²) < 4.78 is 13.5. The van der Waals surface area contributed by atoms with Crippen LogP contribution in [0.5, 0.6) is 0 Å². The Hall–Kier alpha value is -1.53. The molecule has 0 aliphatic rings. The molecule has 6 heteroatoms. The molecular formula is C15H24FN3O2. The van der Waals surface area contributed by atoms with Crippen LogP contribution in [-0.2, 0) is 6.54 Å². The SMILES string of the molecule is CC(C)N(CCNCc1ccc([N+](=O)[O-])c(F)c1)C(C)C. The molecule has 0 aliphatic heterocycles. The number of benzene rings is 1. The van der Waals surface area contributed by atoms with Crippen LogP contribution >= 0.6 is 0 Å². The molecule has 0 saturated carbocycles. The summed E-state index contributed by atoms with van der Waals surface area (Å²) in [7, 11) is 0. The molecule has 0 aromatic heterocycles. The van der Waals surface area contributed by atoms with Crippen LogP contribution < -0.4 is 5.32 Å². The highest BCUT2D eigenvalue weighted by Gasteiger charge is 2.14. The van der Waals surface area contributed by atoms with Gasteiger partial charge < -0.3 is 5.32 Å². The summed E-state index contributed by atoms with van der Waals surface area (Å²) in [5.74, 6) is -0.787. The van der Waals surface area contributed by atoms with E-state index in [1.807, 2.05) is 0 Å². The quantitative estimate of drug-likeness (QED) is 0.455. The molecule has 0 aliphatic carbocycles. The highest BCUT2D eigenvalue weighted by molar-refractivity contribution is 5.34. The molecule has 0 atom stereocenters. The Morgan fingerprint density at radius 2 is 1.90 bits per heavy atom. The van der Waals surface area contributed by atoms with Crippen LogP contribution in [0.15, 0.2) is 18.2 Å². The van der Waals surface area contributed by atoms with Gasteiger partial charge in [-0.2, -0.15) is 4.39 Å². The van der Waals surface area contributed by atoms with Gasteiger partial charge in [-0.3, -0.25) is 15.0 Å². The minimum absolute atomic E-state index is 0.476. The lowest BCUT2D eigenvalue weighted by molar-refractivity contribution is -0.387. The molecule has 0 fully saturated rings. The van der Waals surface area contributed by atoms with Crippen LogP contribution in [0.4, 0.5) is 10.1 Å². The van der Waals surface area contributed by atoms with Gasteiger partial charge in [-0.1, -0.05) is 6.07 Å². The van der Waals surface area contributed by atoms with E-state index in [4.69, 9.17) is 0 Å². The zero-order valence-electron chi connectivity index (χ0n) is 13.1. The molecule has 0 heterocycles. The number of rotatable bonds is 8. The van der Waals surface area contributed by atoms with Crippen LogP contribution in [0.25, 0.3) is 0 Å². The fourth-order valence-corrected chi connectivity index (χ4v) is 2.36. The van der Waals surface area contributed by atoms with E-state index >= 15 is 0 Å². The second-order valence-electron chi connectivity index (χ2n) is 5.64. The topological polar surface area (TPSA) is 58.4 Å². The molecule has 1 rings (SSSR count). The highest BCUT2D eigenvalue weighted by atomic mass is 19.1. The van der Waals surface area contributed by atoms with Gasteiger partial charge in [0.25, 0.3) is 0 Å². The third-order valence-corrected chi connectivity index (χ3v) is 3.41. The van der Waals surface area contributed by atoms with Crippen molar-refractivity contribution in [3.05, 3.63) is 39.7 Å². The molecule has 5 nitrogen and oxygen atoms in total. The van der Waals surface area contributed by atoms with Gasteiger partial charge in [0.2, 0.25) is 5.82 Å². The summed E-state index contributed by atoms with van der Waals surface area (Å²) in [6, 6.07) is 4.96. The van der Waals surface area contributed by atoms with Crippen molar-refractivity contribution < 1.29 is 9.31 Å². The highest BCUT2D eigenvalue weighted by Crippen LogP contribution is 2.17. The van der Waals surface area contributed by atoms with Crippen molar-refractivity contribution in [3.63, 3.8) is 0 Å². The third-order valence-electron chi connectivity index (χ3n) is 3.41. The second kappa shape index (κ2) is 8.05. The van der Waals surface area contributed by atoms with Crippen molar-refractivity contribution in [1.29, 1.82) is 0 Å². The third kappa shape index (κ3) is 5.40. The Bertz CT molecular complexity index is 470. The van der Waals surface area contributed by atoms with Crippen molar-refractivity contribution in [3.8, 4) is 0 Å². The molecule has 1 aromatic rings. The molecule has 0 saturated heterocycles. The number of hydrogen-bond donors (Lipinski definition) is 1. The van der Waals surface area contributed by atoms with Gasteiger partial charge in [-0.05, 0) is 39.3 Å². The van der Waals surface area contributed by atoms with Gasteiger partial charge in [0.1, 0.15) is 0 Å². The van der Waals surface area contributed by atoms with E-state index < -0.39 is 16.4 Å². The standard InChI is InChI=1S/C15H24FN3O2/c1-11(2)18(12(3)4)8-7-17-10-13-5-6-15(19(20)21)14(16)9-13/h5-6,9,11-12,17H,7-8,10H2,1-4H3. The van der Waals surface area contributed by atoms with E-state index in [-0.39, 0.29) is 0 Å². The Balaban J connectivity index is 2.46. The fourth-order valence-electron chi connectivity index (χ4n) is 2.36. The van der Waals surface area contributed by atoms with Crippen LogP contribution in [0, 0.1) is 15.9 Å². The first-order valence-electron chi connectivity index (χ1n) is 7.22. The van der Waals surface area contributed by atoms with Gasteiger partial charge in [-0.15, -0.1) is 0 Å². The molecule has 118 valence electrons. The minimum atomic E-state index is -0.787. The van der Waals surface area contributed by atoms with E-state index in [9.17, 15) is 14.5 Å². The van der Waals surface area contributed by atoms with Gasteiger partial charge >= 0.3 is 5.69 Å². The molecule has 0 bridgehead atoms. The summed E-state index contributed by atoms with van der Waals surface area (Å²) in [4.78, 5) is 12.2. The number of nitro groups is 1. The van der Waals surface area contributed by atoms with Crippen molar-refractivity contribution in [1.82, 2.24) is 10.2 Å². The zero-order chi connectivity index (χ0) is 16.0. The molecule has 0 radical (unpaired) electrons. The Kier molecular flexibility index (Phi) is 6.71. The summed E-state index contributed by atoms with van der Waals surface area (Å²) in [6.45, 7) is 10.8. The predicted molar refractivity (Wildman–Crippen MR) is 81.7 cm³/mol. The molecule has 1 aromatic carbocycles. The van der Waals surface area contributed by atoms with E-state index in [0.29, 0.717) is 24.2 Å². The molecule has 0 unspecified atom stereocenters. The van der Waals surface area contributed by atoms with Gasteiger partial charge in [0.15, 0.2) is 0 Å². The van der Waals surface area contributed by atoms with Gasteiger partial charge in [-0.25, -0.2) is 0 Å². The number of nitro benzene ring substituents is 1. The van der Waals surface area contributed by atoms with Crippen molar-refractivity contribution >= 4 is 5.69 Å². The second-order valence-corrected chi connectivity index (χ2v) is 5.64. The summed E-state index contributed by atoms with van der Waals surface area (Å²) in [6.07, 6.45) is 0. The molecule has 0 spiro atoms. The monoisotopic (exact) mass is 297 g/mol. The average Bonchev–Trinajstić information content (AvgIpc) is 2.37. The van der Waals surface area contributed by atoms with Crippen LogP contribution in [0.3, 0.4) is 0 Å². The Morgan fingerprint density at radius 3 is 2.38 bits per heavy atom. The van der Waals surface area contributed by atoms with Crippen LogP contribution in [0.2, 0.25) is 0 Å². The number of nitrogens with one attached hydrogen (secondary N) is 1. The fraction of sp³-hybridized carbons (Fsp3) is 0.600. The lowest BCUT2D eigenvalue weighted by Crippen LogP contribution is -2.41.